The first-order chi connectivity index (χ1) is 10.6. The van der Waals surface area contributed by atoms with Gasteiger partial charge in [-0.05, 0) is 19.8 Å². The van der Waals surface area contributed by atoms with Crippen molar-refractivity contribution in [3.63, 3.8) is 0 Å². The molecule has 0 rings (SSSR count). The van der Waals surface area contributed by atoms with E-state index in [0.29, 0.717) is 0 Å². The zero-order chi connectivity index (χ0) is 16.6. The van der Waals surface area contributed by atoms with Gasteiger partial charge in [0.15, 0.2) is 0 Å². The van der Waals surface area contributed by atoms with Crippen LogP contribution in [0.5, 0.6) is 0 Å². The molecule has 0 bridgehead atoms. The number of halogens is 1. The van der Waals surface area contributed by atoms with E-state index in [1.807, 2.05) is 4.90 Å². The topological polar surface area (TPSA) is 46.3 Å². The zero-order valence-electron chi connectivity index (χ0n) is 15.8. The van der Waals surface area contributed by atoms with Crippen molar-refractivity contribution in [1.29, 1.82) is 0 Å². The van der Waals surface area contributed by atoms with E-state index >= 15 is 0 Å². The van der Waals surface area contributed by atoms with Crippen LogP contribution in [-0.2, 0) is 4.79 Å². The number of carbonyl (C=O) groups is 1. The van der Waals surface area contributed by atoms with Gasteiger partial charge in [-0.25, -0.2) is 0 Å². The molecule has 0 spiro atoms. The molecule has 0 fully saturated rings. The van der Waals surface area contributed by atoms with Crippen molar-refractivity contribution in [3.05, 3.63) is 0 Å². The Hall–Kier alpha value is -0.280. The number of amides is 1. The summed E-state index contributed by atoms with van der Waals surface area (Å²) in [4.78, 5) is 14.2. The normalized spacial score (nSPS) is 11.8. The first-order valence-corrected chi connectivity index (χ1v) is 9.67. The van der Waals surface area contributed by atoms with E-state index in [2.05, 4.69) is 13.8 Å². The fourth-order valence-electron chi connectivity index (χ4n) is 2.79. The molecule has 4 heteroatoms. The van der Waals surface area contributed by atoms with E-state index in [1.165, 1.54) is 64.2 Å². The highest BCUT2D eigenvalue weighted by Gasteiger charge is 2.16. The predicted molar refractivity (Wildman–Crippen MR) is 104 cm³/mol. The average Bonchev–Trinajstić information content (AvgIpc) is 2.51. The molecule has 0 heterocycles. The zero-order valence-corrected chi connectivity index (χ0v) is 16.6. The van der Waals surface area contributed by atoms with Crippen LogP contribution in [0.4, 0.5) is 0 Å². The molecule has 1 atom stereocenters. The first kappa shape index (κ1) is 25.0. The Bertz CT molecular complexity index is 244. The molecule has 0 aromatic rings. The summed E-state index contributed by atoms with van der Waals surface area (Å²) in [7, 11) is 0. The van der Waals surface area contributed by atoms with Gasteiger partial charge in [0.2, 0.25) is 5.91 Å². The van der Waals surface area contributed by atoms with Gasteiger partial charge in [0.25, 0.3) is 0 Å². The quantitative estimate of drug-likeness (QED) is 0.408. The third-order valence-corrected chi connectivity index (χ3v) is 4.26. The highest BCUT2D eigenvalue weighted by molar-refractivity contribution is 5.85. The van der Waals surface area contributed by atoms with Gasteiger partial charge in [-0.3, -0.25) is 4.79 Å². The van der Waals surface area contributed by atoms with Crippen LogP contribution in [-0.4, -0.2) is 29.9 Å². The van der Waals surface area contributed by atoms with Gasteiger partial charge in [0.05, 0.1) is 6.04 Å². The number of nitrogens with two attached hydrogens (primary N) is 1. The summed E-state index contributed by atoms with van der Waals surface area (Å²) < 4.78 is 0. The van der Waals surface area contributed by atoms with E-state index in [9.17, 15) is 4.79 Å². The molecule has 3 nitrogen and oxygen atoms in total. The monoisotopic (exact) mass is 348 g/mol. The molecular weight excluding hydrogens is 308 g/mol. The van der Waals surface area contributed by atoms with Crippen molar-refractivity contribution in [3.8, 4) is 0 Å². The molecular formula is C19H41ClN2O. The van der Waals surface area contributed by atoms with Crippen molar-refractivity contribution in [2.45, 2.75) is 104 Å². The smallest absolute Gasteiger partial charge is 0.239 e. The Morgan fingerprint density at radius 1 is 0.783 bits per heavy atom. The Kier molecular flexibility index (Phi) is 19.6. The van der Waals surface area contributed by atoms with Gasteiger partial charge in [0.1, 0.15) is 0 Å². The number of hydrogen-bond acceptors (Lipinski definition) is 2. The minimum absolute atomic E-state index is 0. The van der Waals surface area contributed by atoms with Gasteiger partial charge in [-0.15, -0.1) is 12.4 Å². The second kappa shape index (κ2) is 18.1. The van der Waals surface area contributed by atoms with Crippen molar-refractivity contribution >= 4 is 18.3 Å². The molecule has 23 heavy (non-hydrogen) atoms. The van der Waals surface area contributed by atoms with Gasteiger partial charge >= 0.3 is 0 Å². The number of carbonyl (C=O) groups excluding carboxylic acids is 1. The summed E-state index contributed by atoms with van der Waals surface area (Å²) in [5, 5.41) is 0. The Labute approximate surface area is 151 Å². The molecule has 140 valence electrons. The van der Waals surface area contributed by atoms with Crippen LogP contribution >= 0.6 is 12.4 Å². The van der Waals surface area contributed by atoms with Crippen molar-refractivity contribution in [1.82, 2.24) is 4.90 Å². The Morgan fingerprint density at radius 3 is 1.48 bits per heavy atom. The highest BCUT2D eigenvalue weighted by atomic mass is 35.5. The van der Waals surface area contributed by atoms with Gasteiger partial charge in [0, 0.05) is 13.1 Å². The molecule has 1 amide bonds. The van der Waals surface area contributed by atoms with Crippen molar-refractivity contribution in [2.24, 2.45) is 5.73 Å². The van der Waals surface area contributed by atoms with Crippen LogP contribution in [0.25, 0.3) is 0 Å². The largest absolute Gasteiger partial charge is 0.341 e. The Balaban J connectivity index is 0. The van der Waals surface area contributed by atoms with Crippen LogP contribution in [0.1, 0.15) is 97.8 Å². The lowest BCUT2D eigenvalue weighted by molar-refractivity contribution is -0.132. The molecule has 0 aliphatic rings. The number of nitrogens with zero attached hydrogens (tertiary/aromatic N) is 1. The maximum absolute atomic E-state index is 12.2. The number of hydrogen-bond donors (Lipinski definition) is 1. The SMILES string of the molecule is CCCCCCCCN(CCCCCCCC)C(=O)[C@H](C)N.Cl. The van der Waals surface area contributed by atoms with Crippen LogP contribution in [0.3, 0.4) is 0 Å². The Morgan fingerprint density at radius 2 is 1.13 bits per heavy atom. The molecule has 0 radical (unpaired) electrons. The molecule has 0 aromatic heterocycles. The van der Waals surface area contributed by atoms with Crippen LogP contribution in [0, 0.1) is 0 Å². The maximum Gasteiger partial charge on any atom is 0.239 e. The number of unbranched alkanes of at least 4 members (excludes halogenated alkanes) is 10. The number of rotatable bonds is 15. The predicted octanol–water partition coefficient (Wildman–Crippen LogP) is 5.31. The summed E-state index contributed by atoms with van der Waals surface area (Å²) in [6.45, 7) is 8.06. The fourth-order valence-corrected chi connectivity index (χ4v) is 2.79. The molecule has 0 unspecified atom stereocenters. The van der Waals surface area contributed by atoms with Crippen molar-refractivity contribution in [2.75, 3.05) is 13.1 Å². The summed E-state index contributed by atoms with van der Waals surface area (Å²) in [6.07, 6.45) is 15.2. The summed E-state index contributed by atoms with van der Waals surface area (Å²) in [6, 6.07) is -0.361. The van der Waals surface area contributed by atoms with Crippen molar-refractivity contribution < 1.29 is 4.79 Å². The third kappa shape index (κ3) is 15.0. The molecule has 0 aliphatic heterocycles. The standard InChI is InChI=1S/C19H40N2O.ClH/c1-4-6-8-10-12-14-16-21(19(22)18(3)20)17-15-13-11-9-7-5-2;/h18H,4-17,20H2,1-3H3;1H/t18-;/m0./s1. The van der Waals surface area contributed by atoms with Crippen LogP contribution < -0.4 is 5.73 Å². The lowest BCUT2D eigenvalue weighted by Gasteiger charge is -2.24. The average molecular weight is 349 g/mol. The highest BCUT2D eigenvalue weighted by Crippen LogP contribution is 2.09. The lowest BCUT2D eigenvalue weighted by Crippen LogP contribution is -2.43. The maximum atomic E-state index is 12.2. The molecule has 2 N–H and O–H groups in total. The molecule has 0 aromatic carbocycles. The summed E-state index contributed by atoms with van der Waals surface area (Å²) in [5.41, 5.74) is 5.79. The lowest BCUT2D eigenvalue weighted by atomic mass is 10.1. The van der Waals surface area contributed by atoms with E-state index in [-0.39, 0.29) is 24.4 Å². The second-order valence-electron chi connectivity index (χ2n) is 6.65. The second-order valence-corrected chi connectivity index (χ2v) is 6.65. The van der Waals surface area contributed by atoms with E-state index in [4.69, 9.17) is 5.73 Å². The van der Waals surface area contributed by atoms with E-state index in [1.54, 1.807) is 6.92 Å². The van der Waals surface area contributed by atoms with E-state index in [0.717, 1.165) is 25.9 Å². The van der Waals surface area contributed by atoms with Gasteiger partial charge in [-0.2, -0.15) is 0 Å². The van der Waals surface area contributed by atoms with E-state index < -0.39 is 0 Å². The van der Waals surface area contributed by atoms with Crippen LogP contribution in [0.15, 0.2) is 0 Å². The fraction of sp³-hybridized carbons (Fsp3) is 0.947. The third-order valence-electron chi connectivity index (χ3n) is 4.26. The van der Waals surface area contributed by atoms with Gasteiger partial charge in [-0.1, -0.05) is 78.1 Å². The molecule has 0 aliphatic carbocycles. The van der Waals surface area contributed by atoms with Crippen LogP contribution in [0.2, 0.25) is 0 Å². The summed E-state index contributed by atoms with van der Waals surface area (Å²) in [5.74, 6) is 0.127. The van der Waals surface area contributed by atoms with Gasteiger partial charge < -0.3 is 10.6 Å². The minimum Gasteiger partial charge on any atom is -0.341 e. The first-order valence-electron chi connectivity index (χ1n) is 9.67. The molecule has 0 saturated carbocycles. The summed E-state index contributed by atoms with van der Waals surface area (Å²) >= 11 is 0. The molecule has 0 saturated heterocycles. The minimum atomic E-state index is -0.361.